The predicted molar refractivity (Wildman–Crippen MR) is 96.1 cm³/mol. The molecule has 22 heavy (non-hydrogen) atoms. The van der Waals surface area contributed by atoms with Gasteiger partial charge in [0.05, 0.1) is 6.61 Å². The highest BCUT2D eigenvalue weighted by Gasteiger charge is 2.01. The fourth-order valence-electron chi connectivity index (χ4n) is 2.70. The average molecular weight is 313 g/mol. The number of esters is 1. The van der Waals surface area contributed by atoms with Gasteiger partial charge in [-0.1, -0.05) is 91.4 Å². The van der Waals surface area contributed by atoms with E-state index in [9.17, 15) is 4.79 Å². The molecule has 0 saturated carbocycles. The molecule has 0 aromatic carbocycles. The van der Waals surface area contributed by atoms with Crippen LogP contribution in [0.25, 0.3) is 0 Å². The summed E-state index contributed by atoms with van der Waals surface area (Å²) in [5.41, 5.74) is 0. The zero-order valence-corrected chi connectivity index (χ0v) is 15.5. The van der Waals surface area contributed by atoms with Crippen LogP contribution in [0.5, 0.6) is 0 Å². The maximum absolute atomic E-state index is 11.3. The van der Waals surface area contributed by atoms with E-state index < -0.39 is 0 Å². The number of ether oxygens (including phenoxy) is 1. The van der Waals surface area contributed by atoms with E-state index in [1.807, 2.05) is 6.92 Å². The molecule has 2 heteroatoms. The van der Waals surface area contributed by atoms with Crippen LogP contribution in [0.1, 0.15) is 111 Å². The summed E-state index contributed by atoms with van der Waals surface area (Å²) >= 11 is 0. The normalized spacial score (nSPS) is 11.1. The van der Waals surface area contributed by atoms with Crippen LogP contribution >= 0.6 is 0 Å². The van der Waals surface area contributed by atoms with Gasteiger partial charge in [0.25, 0.3) is 0 Å². The summed E-state index contributed by atoms with van der Waals surface area (Å²) in [4.78, 5) is 11.3. The van der Waals surface area contributed by atoms with Crippen LogP contribution in [-0.4, -0.2) is 12.6 Å². The molecular weight excluding hydrogens is 272 g/mol. The molecule has 2 nitrogen and oxygen atoms in total. The first-order valence-electron chi connectivity index (χ1n) is 9.82. The van der Waals surface area contributed by atoms with Crippen molar-refractivity contribution in [1.82, 2.24) is 0 Å². The topological polar surface area (TPSA) is 26.3 Å². The lowest BCUT2D eigenvalue weighted by atomic mass is 10.0. The Kier molecular flexibility index (Phi) is 16.4. The Morgan fingerprint density at radius 2 is 1.23 bits per heavy atom. The average Bonchev–Trinajstić information content (AvgIpc) is 2.49. The van der Waals surface area contributed by atoms with Crippen molar-refractivity contribution in [3.8, 4) is 0 Å². The molecule has 0 fully saturated rings. The van der Waals surface area contributed by atoms with Crippen molar-refractivity contribution in [2.24, 2.45) is 5.92 Å². The molecule has 0 heterocycles. The van der Waals surface area contributed by atoms with E-state index in [1.165, 1.54) is 70.6 Å². The van der Waals surface area contributed by atoms with E-state index in [0.717, 1.165) is 18.8 Å². The van der Waals surface area contributed by atoms with E-state index in [1.54, 1.807) is 0 Å². The molecule has 0 aromatic rings. The van der Waals surface area contributed by atoms with E-state index in [0.29, 0.717) is 13.0 Å². The highest BCUT2D eigenvalue weighted by Crippen LogP contribution is 2.14. The maximum atomic E-state index is 11.3. The van der Waals surface area contributed by atoms with Crippen molar-refractivity contribution in [3.05, 3.63) is 0 Å². The largest absolute Gasteiger partial charge is 0.466 e. The van der Waals surface area contributed by atoms with Crippen LogP contribution in [0, 0.1) is 5.92 Å². The van der Waals surface area contributed by atoms with Crippen molar-refractivity contribution < 1.29 is 9.53 Å². The Hall–Kier alpha value is -0.530. The molecule has 0 saturated heterocycles. The highest BCUT2D eigenvalue weighted by molar-refractivity contribution is 5.69. The summed E-state index contributed by atoms with van der Waals surface area (Å²) in [6.45, 7) is 7.23. The fourth-order valence-corrected chi connectivity index (χ4v) is 2.70. The van der Waals surface area contributed by atoms with Crippen LogP contribution in [-0.2, 0) is 9.53 Å². The van der Waals surface area contributed by atoms with Gasteiger partial charge in [0.2, 0.25) is 0 Å². The van der Waals surface area contributed by atoms with Gasteiger partial charge in [-0.05, 0) is 18.8 Å². The van der Waals surface area contributed by atoms with Gasteiger partial charge in [-0.2, -0.15) is 0 Å². The van der Waals surface area contributed by atoms with Crippen molar-refractivity contribution in [1.29, 1.82) is 0 Å². The van der Waals surface area contributed by atoms with Gasteiger partial charge in [-0.25, -0.2) is 0 Å². The number of carbonyl (C=O) groups excluding carboxylic acids is 1. The van der Waals surface area contributed by atoms with Crippen LogP contribution in [0.3, 0.4) is 0 Å². The first-order chi connectivity index (χ1) is 10.7. The maximum Gasteiger partial charge on any atom is 0.305 e. The highest BCUT2D eigenvalue weighted by atomic mass is 16.5. The van der Waals surface area contributed by atoms with Gasteiger partial charge in [-0.3, -0.25) is 4.79 Å². The summed E-state index contributed by atoms with van der Waals surface area (Å²) in [5.74, 6) is 0.854. The zero-order valence-electron chi connectivity index (χ0n) is 15.5. The number of hydrogen-bond donors (Lipinski definition) is 0. The lowest BCUT2D eigenvalue weighted by Gasteiger charge is -2.05. The van der Waals surface area contributed by atoms with Crippen LogP contribution in [0.2, 0.25) is 0 Å². The van der Waals surface area contributed by atoms with Gasteiger partial charge in [-0.15, -0.1) is 0 Å². The molecule has 0 unspecified atom stereocenters. The molecule has 0 aliphatic rings. The van der Waals surface area contributed by atoms with Gasteiger partial charge < -0.3 is 4.74 Å². The summed E-state index contributed by atoms with van der Waals surface area (Å²) in [6.07, 6.45) is 17.5. The smallest absolute Gasteiger partial charge is 0.305 e. The molecular formula is C20H40O2. The van der Waals surface area contributed by atoms with Crippen LogP contribution in [0.4, 0.5) is 0 Å². The van der Waals surface area contributed by atoms with Crippen LogP contribution in [0.15, 0.2) is 0 Å². The second-order valence-electron chi connectivity index (χ2n) is 7.04. The van der Waals surface area contributed by atoms with Crippen molar-refractivity contribution in [2.75, 3.05) is 6.61 Å². The van der Waals surface area contributed by atoms with Crippen molar-refractivity contribution in [2.45, 2.75) is 111 Å². The summed E-state index contributed by atoms with van der Waals surface area (Å²) < 4.78 is 5.07. The molecule has 0 aliphatic heterocycles. The number of hydrogen-bond acceptors (Lipinski definition) is 2. The molecule has 0 aromatic heterocycles. The van der Waals surface area contributed by atoms with E-state index in [2.05, 4.69) is 13.8 Å². The predicted octanol–water partition coefficient (Wildman–Crippen LogP) is 6.67. The first-order valence-corrected chi connectivity index (χ1v) is 9.82. The van der Waals surface area contributed by atoms with Crippen molar-refractivity contribution >= 4 is 5.97 Å². The minimum atomic E-state index is -0.0145. The molecule has 0 rings (SSSR count). The van der Waals surface area contributed by atoms with E-state index >= 15 is 0 Å². The Morgan fingerprint density at radius 3 is 1.68 bits per heavy atom. The summed E-state index contributed by atoms with van der Waals surface area (Å²) in [7, 11) is 0. The standard InChI is InChI=1S/C20H40O2/c1-4-18-22-20(21)17-15-13-11-9-7-5-6-8-10-12-14-16-19(2)3/h19H,4-18H2,1-3H3. The Balaban J connectivity index is 3.07. The number of carbonyl (C=O) groups is 1. The zero-order chi connectivity index (χ0) is 16.5. The molecule has 0 bridgehead atoms. The van der Waals surface area contributed by atoms with E-state index in [4.69, 9.17) is 4.74 Å². The minimum absolute atomic E-state index is 0.0145. The lowest BCUT2D eigenvalue weighted by molar-refractivity contribution is -0.143. The van der Waals surface area contributed by atoms with Gasteiger partial charge in [0, 0.05) is 6.42 Å². The molecule has 132 valence electrons. The summed E-state index contributed by atoms with van der Waals surface area (Å²) in [6, 6.07) is 0. The third-order valence-electron chi connectivity index (χ3n) is 4.13. The molecule has 0 spiro atoms. The second kappa shape index (κ2) is 16.8. The van der Waals surface area contributed by atoms with Gasteiger partial charge in [0.15, 0.2) is 0 Å². The molecule has 0 N–H and O–H groups in total. The Labute approximate surface area is 139 Å². The van der Waals surface area contributed by atoms with Gasteiger partial charge >= 0.3 is 5.97 Å². The number of rotatable bonds is 16. The Morgan fingerprint density at radius 1 is 0.773 bits per heavy atom. The third kappa shape index (κ3) is 17.5. The fraction of sp³-hybridized carbons (Fsp3) is 0.950. The minimum Gasteiger partial charge on any atom is -0.466 e. The van der Waals surface area contributed by atoms with E-state index in [-0.39, 0.29) is 5.97 Å². The SMILES string of the molecule is CCCOC(=O)CCCCCCCCCCCCCC(C)C. The quantitative estimate of drug-likeness (QED) is 0.235. The van der Waals surface area contributed by atoms with Gasteiger partial charge in [0.1, 0.15) is 0 Å². The first kappa shape index (κ1) is 21.5. The lowest BCUT2D eigenvalue weighted by Crippen LogP contribution is -2.04. The van der Waals surface area contributed by atoms with Crippen LogP contribution < -0.4 is 0 Å². The summed E-state index contributed by atoms with van der Waals surface area (Å²) in [5, 5.41) is 0. The Bertz CT molecular complexity index is 236. The molecule has 0 aliphatic carbocycles. The molecule has 0 radical (unpaired) electrons. The van der Waals surface area contributed by atoms with Crippen molar-refractivity contribution in [3.63, 3.8) is 0 Å². The number of unbranched alkanes of at least 4 members (excludes halogenated alkanes) is 10. The second-order valence-corrected chi connectivity index (χ2v) is 7.04. The molecule has 0 amide bonds. The molecule has 0 atom stereocenters. The monoisotopic (exact) mass is 312 g/mol. The third-order valence-corrected chi connectivity index (χ3v) is 4.13.